The molecular formula is C17H28N4O2S. The van der Waals surface area contributed by atoms with Gasteiger partial charge in [0.25, 0.3) is 0 Å². The lowest BCUT2D eigenvalue weighted by Gasteiger charge is -2.33. The molecule has 1 aromatic rings. The molecule has 134 valence electrons. The maximum atomic E-state index is 12.0. The van der Waals surface area contributed by atoms with E-state index in [1.54, 1.807) is 0 Å². The SMILES string of the molecule is Cc1cc(C)nc(SCC(=O)NCC2CN(CC(C)C)CCO2)n1. The summed E-state index contributed by atoms with van der Waals surface area (Å²) in [6.45, 7) is 12.5. The van der Waals surface area contributed by atoms with Crippen LogP contribution in [0.15, 0.2) is 11.2 Å². The lowest BCUT2D eigenvalue weighted by molar-refractivity contribution is -0.119. The second kappa shape index (κ2) is 9.34. The number of nitrogens with one attached hydrogen (secondary N) is 1. The number of thioether (sulfide) groups is 1. The molecule has 2 rings (SSSR count). The molecule has 0 saturated carbocycles. The summed E-state index contributed by atoms with van der Waals surface area (Å²) in [7, 11) is 0. The van der Waals surface area contributed by atoms with Crippen molar-refractivity contribution < 1.29 is 9.53 Å². The molecule has 1 aliphatic rings. The number of aromatic nitrogens is 2. The van der Waals surface area contributed by atoms with E-state index in [2.05, 4.69) is 34.0 Å². The monoisotopic (exact) mass is 352 g/mol. The highest BCUT2D eigenvalue weighted by Gasteiger charge is 2.21. The first-order chi connectivity index (χ1) is 11.4. The van der Waals surface area contributed by atoms with Crippen LogP contribution in [0.25, 0.3) is 0 Å². The molecule has 0 radical (unpaired) electrons. The number of hydrogen-bond donors (Lipinski definition) is 1. The Hall–Kier alpha value is -1.18. The standard InChI is InChI=1S/C17H28N4O2S/c1-12(2)9-21-5-6-23-15(10-21)8-18-16(22)11-24-17-19-13(3)7-14(4)20-17/h7,12,15H,5-6,8-11H2,1-4H3,(H,18,22). The van der Waals surface area contributed by atoms with Gasteiger partial charge < -0.3 is 10.1 Å². The number of nitrogens with zero attached hydrogens (tertiary/aromatic N) is 3. The average Bonchev–Trinajstić information content (AvgIpc) is 2.50. The summed E-state index contributed by atoms with van der Waals surface area (Å²) in [5.41, 5.74) is 1.84. The maximum absolute atomic E-state index is 12.0. The highest BCUT2D eigenvalue weighted by Crippen LogP contribution is 2.13. The number of carbonyl (C=O) groups is 1. The van der Waals surface area contributed by atoms with Crippen molar-refractivity contribution >= 4 is 17.7 Å². The van der Waals surface area contributed by atoms with Crippen molar-refractivity contribution in [2.45, 2.75) is 39.0 Å². The summed E-state index contributed by atoms with van der Waals surface area (Å²) in [6.07, 6.45) is 0.0731. The Morgan fingerprint density at radius 1 is 1.42 bits per heavy atom. The molecule has 6 nitrogen and oxygen atoms in total. The minimum atomic E-state index is -0.00709. The van der Waals surface area contributed by atoms with Crippen molar-refractivity contribution in [1.82, 2.24) is 20.2 Å². The smallest absolute Gasteiger partial charge is 0.230 e. The highest BCUT2D eigenvalue weighted by atomic mass is 32.2. The van der Waals surface area contributed by atoms with Gasteiger partial charge in [0, 0.05) is 37.6 Å². The zero-order chi connectivity index (χ0) is 17.5. The van der Waals surface area contributed by atoms with Gasteiger partial charge in [0.1, 0.15) is 0 Å². The quantitative estimate of drug-likeness (QED) is 0.595. The fourth-order valence-corrected chi connectivity index (χ4v) is 3.53. The molecule has 7 heteroatoms. The largest absolute Gasteiger partial charge is 0.374 e. The van der Waals surface area contributed by atoms with E-state index in [9.17, 15) is 4.79 Å². The molecule has 0 bridgehead atoms. The first kappa shape index (κ1) is 19.1. The minimum Gasteiger partial charge on any atom is -0.374 e. The Morgan fingerprint density at radius 2 is 2.12 bits per heavy atom. The molecule has 24 heavy (non-hydrogen) atoms. The molecule has 2 heterocycles. The fourth-order valence-electron chi connectivity index (χ4n) is 2.75. The third-order valence-electron chi connectivity index (χ3n) is 3.67. The minimum absolute atomic E-state index is 0.00709. The van der Waals surface area contributed by atoms with Gasteiger partial charge in [-0.25, -0.2) is 9.97 Å². The maximum Gasteiger partial charge on any atom is 0.230 e. The van der Waals surface area contributed by atoms with Gasteiger partial charge in [0.2, 0.25) is 5.91 Å². The van der Waals surface area contributed by atoms with E-state index in [4.69, 9.17) is 4.74 Å². The van der Waals surface area contributed by atoms with Crippen molar-refractivity contribution in [1.29, 1.82) is 0 Å². The zero-order valence-electron chi connectivity index (χ0n) is 15.0. The van der Waals surface area contributed by atoms with Gasteiger partial charge in [0.15, 0.2) is 5.16 Å². The van der Waals surface area contributed by atoms with Crippen LogP contribution >= 0.6 is 11.8 Å². The van der Waals surface area contributed by atoms with Crippen molar-refractivity contribution in [2.75, 3.05) is 38.5 Å². The Kier molecular flexibility index (Phi) is 7.45. The molecule has 1 aromatic heterocycles. The van der Waals surface area contributed by atoms with Crippen LogP contribution in [0.5, 0.6) is 0 Å². The van der Waals surface area contributed by atoms with Crippen LogP contribution in [0.1, 0.15) is 25.2 Å². The summed E-state index contributed by atoms with van der Waals surface area (Å²) in [4.78, 5) is 23.1. The Labute approximate surface area is 148 Å². The topological polar surface area (TPSA) is 67.4 Å². The summed E-state index contributed by atoms with van der Waals surface area (Å²) in [5, 5.41) is 3.61. The molecule has 1 atom stereocenters. The molecule has 1 saturated heterocycles. The van der Waals surface area contributed by atoms with Crippen LogP contribution < -0.4 is 5.32 Å². The van der Waals surface area contributed by atoms with Gasteiger partial charge in [-0.05, 0) is 25.8 Å². The number of rotatable bonds is 7. The molecule has 0 spiro atoms. The van der Waals surface area contributed by atoms with E-state index >= 15 is 0 Å². The highest BCUT2D eigenvalue weighted by molar-refractivity contribution is 7.99. The van der Waals surface area contributed by atoms with Crippen molar-refractivity contribution in [3.63, 3.8) is 0 Å². The van der Waals surface area contributed by atoms with Crippen molar-refractivity contribution in [3.8, 4) is 0 Å². The molecular weight excluding hydrogens is 324 g/mol. The second-order valence-electron chi connectivity index (χ2n) is 6.67. The average molecular weight is 353 g/mol. The number of morpholine rings is 1. The molecule has 1 N–H and O–H groups in total. The summed E-state index contributed by atoms with van der Waals surface area (Å²) >= 11 is 1.37. The van der Waals surface area contributed by atoms with Gasteiger partial charge in [-0.2, -0.15) is 0 Å². The van der Waals surface area contributed by atoms with Crippen LogP contribution in [0.4, 0.5) is 0 Å². The van der Waals surface area contributed by atoms with E-state index in [0.717, 1.165) is 37.6 Å². The summed E-state index contributed by atoms with van der Waals surface area (Å²) in [6, 6.07) is 1.92. The predicted molar refractivity (Wildman–Crippen MR) is 96.3 cm³/mol. The van der Waals surface area contributed by atoms with Gasteiger partial charge in [-0.3, -0.25) is 9.69 Å². The predicted octanol–water partition coefficient (Wildman–Crippen LogP) is 1.66. The number of amides is 1. The zero-order valence-corrected chi connectivity index (χ0v) is 15.9. The number of ether oxygens (including phenoxy) is 1. The van der Waals surface area contributed by atoms with E-state index in [1.807, 2.05) is 19.9 Å². The third-order valence-corrected chi connectivity index (χ3v) is 4.51. The van der Waals surface area contributed by atoms with Gasteiger partial charge in [0.05, 0.1) is 18.5 Å². The number of aryl methyl sites for hydroxylation is 2. The van der Waals surface area contributed by atoms with Gasteiger partial charge >= 0.3 is 0 Å². The normalized spacial score (nSPS) is 18.8. The number of carbonyl (C=O) groups excluding carboxylic acids is 1. The number of hydrogen-bond acceptors (Lipinski definition) is 6. The summed E-state index contributed by atoms with van der Waals surface area (Å²) < 4.78 is 5.75. The first-order valence-corrected chi connectivity index (χ1v) is 9.46. The van der Waals surface area contributed by atoms with E-state index in [-0.39, 0.29) is 12.0 Å². The molecule has 1 unspecified atom stereocenters. The van der Waals surface area contributed by atoms with Crippen LogP contribution in [-0.2, 0) is 9.53 Å². The van der Waals surface area contributed by atoms with E-state index in [1.165, 1.54) is 11.8 Å². The Morgan fingerprint density at radius 3 is 2.79 bits per heavy atom. The van der Waals surface area contributed by atoms with Crippen molar-refractivity contribution in [3.05, 3.63) is 17.5 Å². The fraction of sp³-hybridized carbons (Fsp3) is 0.706. The Balaban J connectivity index is 1.70. The lowest BCUT2D eigenvalue weighted by atomic mass is 10.2. The summed E-state index contributed by atoms with van der Waals surface area (Å²) in [5.74, 6) is 0.963. The van der Waals surface area contributed by atoms with Crippen LogP contribution in [0, 0.1) is 19.8 Å². The molecule has 1 fully saturated rings. The van der Waals surface area contributed by atoms with E-state index in [0.29, 0.717) is 23.4 Å². The lowest BCUT2D eigenvalue weighted by Crippen LogP contribution is -2.48. The van der Waals surface area contributed by atoms with Crippen LogP contribution in [0.2, 0.25) is 0 Å². The molecule has 1 aliphatic heterocycles. The Bertz CT molecular complexity index is 533. The van der Waals surface area contributed by atoms with Gasteiger partial charge in [-0.1, -0.05) is 25.6 Å². The third kappa shape index (κ3) is 6.75. The van der Waals surface area contributed by atoms with Crippen LogP contribution in [0.3, 0.4) is 0 Å². The first-order valence-electron chi connectivity index (χ1n) is 8.48. The van der Waals surface area contributed by atoms with Crippen LogP contribution in [-0.4, -0.2) is 65.4 Å². The molecule has 1 amide bonds. The van der Waals surface area contributed by atoms with E-state index < -0.39 is 0 Å². The van der Waals surface area contributed by atoms with Crippen molar-refractivity contribution in [2.24, 2.45) is 5.92 Å². The second-order valence-corrected chi connectivity index (χ2v) is 7.61. The molecule has 0 aliphatic carbocycles. The van der Waals surface area contributed by atoms with Gasteiger partial charge in [-0.15, -0.1) is 0 Å². The molecule has 0 aromatic carbocycles.